The average Bonchev–Trinajstić information content (AvgIpc) is 2.01. The molecule has 0 spiro atoms. The highest BCUT2D eigenvalue weighted by Crippen LogP contribution is 2.28. The van der Waals surface area contributed by atoms with Crippen molar-refractivity contribution in [1.82, 2.24) is 0 Å². The molecule has 0 saturated carbocycles. The fraction of sp³-hybridized carbons (Fsp3) is 0.625. The zero-order valence-corrected chi connectivity index (χ0v) is 9.71. The Kier molecular flexibility index (Phi) is 5.77. The fourth-order valence-electron chi connectivity index (χ4n) is 0.663. The van der Waals surface area contributed by atoms with Gasteiger partial charge in [-0.15, -0.1) is 0 Å². The van der Waals surface area contributed by atoms with Crippen molar-refractivity contribution in [3.63, 3.8) is 0 Å². The van der Waals surface area contributed by atoms with E-state index >= 15 is 0 Å². The average molecular weight is 246 g/mol. The summed E-state index contributed by atoms with van der Waals surface area (Å²) in [6.45, 7) is 3.78. The van der Waals surface area contributed by atoms with Gasteiger partial charge in [0.25, 0.3) is 3.79 Å². The standard InChI is InChI=1S/C8H11Cl3O2/c1-3-5-6(4-2)13-7(12)8(9,10)11/h5H,3-4H2,1-2H3/b6-5-. The van der Waals surface area contributed by atoms with Crippen LogP contribution < -0.4 is 0 Å². The minimum absolute atomic E-state index is 0.527. The quantitative estimate of drug-likeness (QED) is 0.431. The van der Waals surface area contributed by atoms with Gasteiger partial charge in [-0.1, -0.05) is 48.7 Å². The molecule has 0 N–H and O–H groups in total. The Bertz CT molecular complexity index is 206. The van der Waals surface area contributed by atoms with Gasteiger partial charge in [-0.3, -0.25) is 0 Å². The summed E-state index contributed by atoms with van der Waals surface area (Å²) in [4.78, 5) is 11.0. The SMILES string of the molecule is CC/C=C(/CC)OC(=O)C(Cl)(Cl)Cl. The minimum Gasteiger partial charge on any atom is -0.428 e. The topological polar surface area (TPSA) is 26.3 Å². The highest BCUT2D eigenvalue weighted by atomic mass is 35.6. The summed E-state index contributed by atoms with van der Waals surface area (Å²) in [5.74, 6) is -0.335. The van der Waals surface area contributed by atoms with Gasteiger partial charge in [0.15, 0.2) is 0 Å². The number of hydrogen-bond donors (Lipinski definition) is 0. The fourth-order valence-corrected chi connectivity index (χ4v) is 0.779. The molecular weight excluding hydrogens is 234 g/mol. The number of carbonyl (C=O) groups excluding carboxylic acids is 1. The van der Waals surface area contributed by atoms with Gasteiger partial charge in [0.1, 0.15) is 5.76 Å². The van der Waals surface area contributed by atoms with E-state index in [-0.39, 0.29) is 0 Å². The van der Waals surface area contributed by atoms with E-state index in [0.29, 0.717) is 12.2 Å². The van der Waals surface area contributed by atoms with Crippen LogP contribution in [-0.4, -0.2) is 9.76 Å². The van der Waals surface area contributed by atoms with E-state index in [1.807, 2.05) is 13.8 Å². The number of hydrogen-bond acceptors (Lipinski definition) is 2. The molecule has 0 radical (unpaired) electrons. The molecule has 5 heteroatoms. The van der Waals surface area contributed by atoms with Crippen molar-refractivity contribution in [3.8, 4) is 0 Å². The van der Waals surface area contributed by atoms with Gasteiger partial charge in [0.2, 0.25) is 0 Å². The number of carbonyl (C=O) groups is 1. The normalized spacial score (nSPS) is 12.8. The van der Waals surface area contributed by atoms with Crippen molar-refractivity contribution < 1.29 is 9.53 Å². The van der Waals surface area contributed by atoms with Gasteiger partial charge in [-0.2, -0.15) is 0 Å². The lowest BCUT2D eigenvalue weighted by atomic mass is 10.3. The Morgan fingerprint density at radius 2 is 1.92 bits per heavy atom. The van der Waals surface area contributed by atoms with Crippen LogP contribution in [0.15, 0.2) is 11.8 Å². The minimum atomic E-state index is -2.00. The maximum atomic E-state index is 11.0. The largest absolute Gasteiger partial charge is 0.428 e. The predicted molar refractivity (Wildman–Crippen MR) is 55.0 cm³/mol. The lowest BCUT2D eigenvalue weighted by molar-refractivity contribution is -0.138. The summed E-state index contributed by atoms with van der Waals surface area (Å²) in [7, 11) is 0. The zero-order valence-electron chi connectivity index (χ0n) is 7.44. The van der Waals surface area contributed by atoms with Crippen molar-refractivity contribution >= 4 is 40.8 Å². The van der Waals surface area contributed by atoms with Crippen LogP contribution >= 0.6 is 34.8 Å². The van der Waals surface area contributed by atoms with Gasteiger partial charge in [-0.25, -0.2) is 4.79 Å². The number of halogens is 3. The van der Waals surface area contributed by atoms with E-state index in [1.54, 1.807) is 6.08 Å². The molecule has 0 heterocycles. The number of allylic oxidation sites excluding steroid dienone is 2. The highest BCUT2D eigenvalue weighted by molar-refractivity contribution is 6.75. The summed E-state index contributed by atoms with van der Waals surface area (Å²) in [6.07, 6.45) is 3.14. The summed E-state index contributed by atoms with van der Waals surface area (Å²) in [5, 5.41) is 0. The molecular formula is C8H11Cl3O2. The summed E-state index contributed by atoms with van der Waals surface area (Å²) < 4.78 is 2.83. The number of alkyl halides is 3. The first-order valence-electron chi connectivity index (χ1n) is 3.89. The summed E-state index contributed by atoms with van der Waals surface area (Å²) in [6, 6.07) is 0. The molecule has 0 unspecified atom stereocenters. The Morgan fingerprint density at radius 3 is 2.23 bits per heavy atom. The van der Waals surface area contributed by atoms with Gasteiger partial charge in [0, 0.05) is 6.42 Å². The highest BCUT2D eigenvalue weighted by Gasteiger charge is 2.33. The molecule has 0 aliphatic heterocycles. The van der Waals surface area contributed by atoms with Crippen LogP contribution in [0.25, 0.3) is 0 Å². The van der Waals surface area contributed by atoms with Crippen LogP contribution in [0.4, 0.5) is 0 Å². The van der Waals surface area contributed by atoms with E-state index < -0.39 is 9.76 Å². The van der Waals surface area contributed by atoms with Crippen LogP contribution in [0.1, 0.15) is 26.7 Å². The van der Waals surface area contributed by atoms with E-state index in [4.69, 9.17) is 39.5 Å². The molecule has 0 bridgehead atoms. The Morgan fingerprint density at radius 1 is 1.38 bits per heavy atom. The van der Waals surface area contributed by atoms with Crippen molar-refractivity contribution in [3.05, 3.63) is 11.8 Å². The van der Waals surface area contributed by atoms with Gasteiger partial charge < -0.3 is 4.74 Å². The van der Waals surface area contributed by atoms with Gasteiger partial charge >= 0.3 is 5.97 Å². The molecule has 0 aliphatic rings. The molecule has 0 aromatic rings. The van der Waals surface area contributed by atoms with Crippen molar-refractivity contribution in [1.29, 1.82) is 0 Å². The monoisotopic (exact) mass is 244 g/mol. The summed E-state index contributed by atoms with van der Waals surface area (Å²) >= 11 is 15.9. The van der Waals surface area contributed by atoms with Crippen LogP contribution in [0, 0.1) is 0 Å². The Hall–Kier alpha value is 0.0800. The molecule has 0 aromatic heterocycles. The molecule has 0 atom stereocenters. The lowest BCUT2D eigenvalue weighted by Gasteiger charge is -2.11. The smallest absolute Gasteiger partial charge is 0.363 e. The zero-order chi connectivity index (χ0) is 10.5. The van der Waals surface area contributed by atoms with Crippen LogP contribution in [0.2, 0.25) is 0 Å². The third-order valence-corrected chi connectivity index (χ3v) is 1.70. The molecule has 0 fully saturated rings. The van der Waals surface area contributed by atoms with Crippen molar-refractivity contribution in [2.75, 3.05) is 0 Å². The summed E-state index contributed by atoms with van der Waals surface area (Å²) in [5.41, 5.74) is 0. The second-order valence-electron chi connectivity index (χ2n) is 2.32. The Balaban J connectivity index is 4.26. The number of esters is 1. The first-order valence-corrected chi connectivity index (χ1v) is 5.03. The third kappa shape index (κ3) is 5.40. The number of ether oxygens (including phenoxy) is 1. The molecule has 76 valence electrons. The van der Waals surface area contributed by atoms with Crippen LogP contribution in [0.3, 0.4) is 0 Å². The molecule has 0 aromatic carbocycles. The second kappa shape index (κ2) is 5.74. The maximum absolute atomic E-state index is 11.0. The van der Waals surface area contributed by atoms with Crippen molar-refractivity contribution in [2.45, 2.75) is 30.5 Å². The maximum Gasteiger partial charge on any atom is 0.363 e. The van der Waals surface area contributed by atoms with E-state index in [1.165, 1.54) is 0 Å². The number of rotatable bonds is 3. The Labute approximate surface area is 92.8 Å². The van der Waals surface area contributed by atoms with Gasteiger partial charge in [-0.05, 0) is 12.5 Å². The second-order valence-corrected chi connectivity index (χ2v) is 4.60. The molecule has 0 aliphatic carbocycles. The van der Waals surface area contributed by atoms with E-state index in [0.717, 1.165) is 6.42 Å². The van der Waals surface area contributed by atoms with Crippen molar-refractivity contribution in [2.24, 2.45) is 0 Å². The van der Waals surface area contributed by atoms with Crippen LogP contribution in [0.5, 0.6) is 0 Å². The first kappa shape index (κ1) is 13.1. The van der Waals surface area contributed by atoms with Crippen LogP contribution in [-0.2, 0) is 9.53 Å². The van der Waals surface area contributed by atoms with E-state index in [2.05, 4.69) is 0 Å². The third-order valence-electron chi connectivity index (χ3n) is 1.24. The van der Waals surface area contributed by atoms with Gasteiger partial charge in [0.05, 0.1) is 0 Å². The molecule has 0 saturated heterocycles. The molecule has 13 heavy (non-hydrogen) atoms. The first-order chi connectivity index (χ1) is 5.91. The molecule has 0 rings (SSSR count). The predicted octanol–water partition coefficient (Wildman–Crippen LogP) is 3.60. The molecule has 2 nitrogen and oxygen atoms in total. The van der Waals surface area contributed by atoms with E-state index in [9.17, 15) is 4.79 Å². The lowest BCUT2D eigenvalue weighted by Crippen LogP contribution is -2.21. The molecule has 0 amide bonds.